The van der Waals surface area contributed by atoms with Crippen LogP contribution in [0.25, 0.3) is 0 Å². The van der Waals surface area contributed by atoms with Crippen molar-refractivity contribution in [2.45, 2.75) is 23.8 Å². The Hall–Kier alpha value is -3.55. The number of sulfonamides is 1. The molecule has 0 saturated heterocycles. The van der Waals surface area contributed by atoms with E-state index >= 15 is 0 Å². The Kier molecular flexibility index (Phi) is 5.54. The van der Waals surface area contributed by atoms with Crippen molar-refractivity contribution in [3.63, 3.8) is 0 Å². The molecule has 0 aromatic heterocycles. The first-order valence-corrected chi connectivity index (χ1v) is 11.5. The fraction of sp³-hybridized carbons (Fsp3) is 0.273. The van der Waals surface area contributed by atoms with Crippen LogP contribution < -0.4 is 20.1 Å². The summed E-state index contributed by atoms with van der Waals surface area (Å²) in [5.41, 5.74) is 0.867. The highest BCUT2D eigenvalue weighted by atomic mass is 32.2. The number of nitrogens with one attached hydrogen (secondary N) is 3. The van der Waals surface area contributed by atoms with Gasteiger partial charge in [0.15, 0.2) is 0 Å². The van der Waals surface area contributed by atoms with Crippen LogP contribution >= 0.6 is 0 Å². The third-order valence-corrected chi connectivity index (χ3v) is 7.01. The molecule has 2 aliphatic heterocycles. The van der Waals surface area contributed by atoms with Crippen LogP contribution in [0.1, 0.15) is 24.5 Å². The number of likely N-dealkylation sites (N-methyl/N-ethyl adjacent to an activating group) is 1. The molecular weight excluding hydrogens is 430 g/mol. The first-order chi connectivity index (χ1) is 15.2. The lowest BCUT2D eigenvalue weighted by atomic mass is 9.87. The van der Waals surface area contributed by atoms with Crippen molar-refractivity contribution < 1.29 is 17.9 Å². The van der Waals surface area contributed by atoms with Crippen LogP contribution in [0.4, 0.5) is 0 Å². The van der Waals surface area contributed by atoms with Gasteiger partial charge in [0.05, 0.1) is 22.8 Å². The van der Waals surface area contributed by atoms with Gasteiger partial charge in [-0.25, -0.2) is 13.1 Å². The average Bonchev–Trinajstić information content (AvgIpc) is 3.19. The van der Waals surface area contributed by atoms with Crippen LogP contribution in [0.3, 0.4) is 0 Å². The largest absolute Gasteiger partial charge is 0.456 e. The van der Waals surface area contributed by atoms with Gasteiger partial charge in [-0.1, -0.05) is 12.1 Å². The van der Waals surface area contributed by atoms with E-state index in [1.54, 1.807) is 30.3 Å². The summed E-state index contributed by atoms with van der Waals surface area (Å²) in [4.78, 5) is 14.8. The van der Waals surface area contributed by atoms with Crippen molar-refractivity contribution in [3.05, 3.63) is 65.5 Å². The molecule has 3 N–H and O–H groups in total. The highest BCUT2D eigenvalue weighted by Gasteiger charge is 2.37. The van der Waals surface area contributed by atoms with Gasteiger partial charge in [-0.05, 0) is 36.8 Å². The molecule has 2 aromatic rings. The van der Waals surface area contributed by atoms with E-state index in [1.165, 1.54) is 12.1 Å². The van der Waals surface area contributed by atoms with Crippen LogP contribution in [0.5, 0.6) is 11.5 Å². The standard InChI is InChI=1S/C22H23N5O4S/c1-22(20-13-24-14-27(20)2)16-7-6-15(12-23)19(10-16)31-17-4-3-5-18(11-17)32(29,30)25-9-8-21(28)26-22/h3-7,10-11,13,24-25H,8-9,14H2,1-2H3,(H,26,28). The molecule has 0 radical (unpaired) electrons. The lowest BCUT2D eigenvalue weighted by Gasteiger charge is -2.36. The molecule has 2 aliphatic rings. The second kappa shape index (κ2) is 8.18. The molecule has 0 aliphatic carbocycles. The smallest absolute Gasteiger partial charge is 0.240 e. The number of carbonyl (C=O) groups is 1. The highest BCUT2D eigenvalue weighted by Crippen LogP contribution is 2.36. The average molecular weight is 454 g/mol. The van der Waals surface area contributed by atoms with Crippen molar-refractivity contribution in [1.29, 1.82) is 5.26 Å². The van der Waals surface area contributed by atoms with E-state index in [9.17, 15) is 18.5 Å². The van der Waals surface area contributed by atoms with Gasteiger partial charge in [-0.2, -0.15) is 5.26 Å². The molecular formula is C22H23N5O4S. The summed E-state index contributed by atoms with van der Waals surface area (Å²) >= 11 is 0. The van der Waals surface area contributed by atoms with Gasteiger partial charge < -0.3 is 20.3 Å². The fourth-order valence-corrected chi connectivity index (χ4v) is 4.92. The van der Waals surface area contributed by atoms with E-state index in [4.69, 9.17) is 4.74 Å². The lowest BCUT2D eigenvalue weighted by Crippen LogP contribution is -2.48. The summed E-state index contributed by atoms with van der Waals surface area (Å²) in [5.74, 6) is 0.219. The van der Waals surface area contributed by atoms with Crippen molar-refractivity contribution in [1.82, 2.24) is 20.3 Å². The molecule has 9 nitrogen and oxygen atoms in total. The third-order valence-electron chi connectivity index (χ3n) is 5.55. The maximum Gasteiger partial charge on any atom is 0.240 e. The summed E-state index contributed by atoms with van der Waals surface area (Å²) in [6.07, 6.45) is 1.78. The zero-order chi connectivity index (χ0) is 22.9. The monoisotopic (exact) mass is 453 g/mol. The Morgan fingerprint density at radius 2 is 2.03 bits per heavy atom. The van der Waals surface area contributed by atoms with Gasteiger partial charge in [-0.15, -0.1) is 0 Å². The molecule has 0 saturated carbocycles. The number of hydrogen-bond donors (Lipinski definition) is 3. The normalized spacial score (nSPS) is 22.5. The Balaban J connectivity index is 1.88. The van der Waals surface area contributed by atoms with Crippen molar-refractivity contribution in [3.8, 4) is 17.6 Å². The van der Waals surface area contributed by atoms with Crippen LogP contribution in [-0.2, 0) is 20.4 Å². The fourth-order valence-electron chi connectivity index (χ4n) is 3.85. The number of carbonyl (C=O) groups excluding carboxylic acids is 1. The third kappa shape index (κ3) is 4.00. The second-order valence-electron chi connectivity index (χ2n) is 7.81. The molecule has 4 bridgehead atoms. The molecule has 1 amide bonds. The highest BCUT2D eigenvalue weighted by molar-refractivity contribution is 7.89. The van der Waals surface area contributed by atoms with Crippen LogP contribution in [0.2, 0.25) is 0 Å². The Bertz CT molecular complexity index is 1250. The van der Waals surface area contributed by atoms with Gasteiger partial charge in [0.1, 0.15) is 23.1 Å². The molecule has 1 unspecified atom stereocenters. The van der Waals surface area contributed by atoms with Crippen LogP contribution in [0.15, 0.2) is 59.3 Å². The molecule has 2 aromatic carbocycles. The van der Waals surface area contributed by atoms with Crippen molar-refractivity contribution in [2.75, 3.05) is 20.3 Å². The number of amides is 1. The first-order valence-electron chi connectivity index (χ1n) is 10.0. The van der Waals surface area contributed by atoms with Crippen molar-refractivity contribution >= 4 is 15.9 Å². The summed E-state index contributed by atoms with van der Waals surface area (Å²) in [6.45, 7) is 2.39. The van der Waals surface area contributed by atoms with Crippen LogP contribution in [-0.4, -0.2) is 39.5 Å². The van der Waals surface area contributed by atoms with Gasteiger partial charge in [-0.3, -0.25) is 4.79 Å². The summed E-state index contributed by atoms with van der Waals surface area (Å²) in [7, 11) is -1.94. The minimum absolute atomic E-state index is 0.00998. The Morgan fingerprint density at radius 3 is 2.75 bits per heavy atom. The predicted molar refractivity (Wildman–Crippen MR) is 117 cm³/mol. The molecule has 1 atom stereocenters. The molecule has 2 heterocycles. The summed E-state index contributed by atoms with van der Waals surface area (Å²) < 4.78 is 33.7. The number of rotatable bonds is 1. The van der Waals surface area contributed by atoms with Gasteiger partial charge in [0, 0.05) is 32.3 Å². The molecule has 0 spiro atoms. The van der Waals surface area contributed by atoms with Crippen molar-refractivity contribution in [2.24, 2.45) is 0 Å². The van der Waals surface area contributed by atoms with E-state index < -0.39 is 15.6 Å². The SMILES string of the molecule is CN1CNC=C1C1(C)NC(=O)CCNS(=O)(=O)c2cccc(c2)Oc2cc1ccc2C#N. The van der Waals surface area contributed by atoms with E-state index in [1.807, 2.05) is 25.1 Å². The number of fused-ring (bicyclic) bond motifs is 4. The Labute approximate surface area is 186 Å². The minimum atomic E-state index is -3.84. The minimum Gasteiger partial charge on any atom is -0.456 e. The number of hydrogen-bond acceptors (Lipinski definition) is 7. The second-order valence-corrected chi connectivity index (χ2v) is 9.58. The molecule has 166 valence electrons. The zero-order valence-electron chi connectivity index (χ0n) is 17.7. The number of nitrogens with zero attached hydrogens (tertiary/aromatic N) is 2. The summed E-state index contributed by atoms with van der Waals surface area (Å²) in [5, 5.41) is 15.8. The summed E-state index contributed by atoms with van der Waals surface area (Å²) in [6, 6.07) is 13.2. The molecule has 4 rings (SSSR count). The van der Waals surface area contributed by atoms with Gasteiger partial charge >= 0.3 is 0 Å². The molecule has 0 fully saturated rings. The van der Waals surface area contributed by atoms with Gasteiger partial charge in [0.2, 0.25) is 15.9 Å². The topological polar surface area (TPSA) is 124 Å². The maximum atomic E-state index is 12.8. The maximum absolute atomic E-state index is 12.8. The lowest BCUT2D eigenvalue weighted by molar-refractivity contribution is -0.122. The molecule has 10 heteroatoms. The van der Waals surface area contributed by atoms with E-state index in [0.717, 1.165) is 11.3 Å². The van der Waals surface area contributed by atoms with Gasteiger partial charge in [0.25, 0.3) is 0 Å². The van der Waals surface area contributed by atoms with Crippen LogP contribution in [0, 0.1) is 11.3 Å². The number of nitriles is 1. The van der Waals surface area contributed by atoms with E-state index in [-0.39, 0.29) is 40.8 Å². The van der Waals surface area contributed by atoms with E-state index in [0.29, 0.717) is 6.67 Å². The predicted octanol–water partition coefficient (Wildman–Crippen LogP) is 1.70. The quantitative estimate of drug-likeness (QED) is 0.600. The molecule has 32 heavy (non-hydrogen) atoms. The number of ether oxygens (including phenoxy) is 1. The first kappa shape index (κ1) is 21.7. The number of benzene rings is 2. The Morgan fingerprint density at radius 1 is 1.22 bits per heavy atom. The zero-order valence-corrected chi connectivity index (χ0v) is 18.5. The van der Waals surface area contributed by atoms with E-state index in [2.05, 4.69) is 21.4 Å².